The Morgan fingerprint density at radius 3 is 2.68 bits per heavy atom. The fraction of sp³-hybridized carbons (Fsp3) is 0.118. The summed E-state index contributed by atoms with van der Waals surface area (Å²) in [5.41, 5.74) is 1.83. The van der Waals surface area contributed by atoms with Gasteiger partial charge in [-0.05, 0) is 36.3 Å². The number of rotatable bonds is 4. The standard InChI is InChI=1S/C17H16N2O3/c1-21-17(20)15-10-8-14(9-11-15)16(18)22-19-12-13-6-4-2-3-5-7-13/h2,4-12,18H,3H2,1H3/b18-16?,19-12+. The van der Waals surface area contributed by atoms with E-state index < -0.39 is 5.97 Å². The minimum absolute atomic E-state index is 0.0959. The molecule has 1 aliphatic carbocycles. The number of ether oxygens (including phenoxy) is 1. The molecule has 0 aromatic heterocycles. The first kappa shape index (κ1) is 15.4. The third-order valence-corrected chi connectivity index (χ3v) is 2.92. The number of nitrogens with zero attached hydrogens (tertiary/aromatic N) is 1. The topological polar surface area (TPSA) is 71.7 Å². The second-order valence-electron chi connectivity index (χ2n) is 4.46. The lowest BCUT2D eigenvalue weighted by Crippen LogP contribution is -2.04. The number of allylic oxidation sites excluding steroid dienone is 6. The zero-order valence-corrected chi connectivity index (χ0v) is 12.2. The first-order chi connectivity index (χ1) is 10.7. The van der Waals surface area contributed by atoms with Crippen molar-refractivity contribution in [3.8, 4) is 0 Å². The lowest BCUT2D eigenvalue weighted by Gasteiger charge is -2.03. The van der Waals surface area contributed by atoms with Crippen LogP contribution in [0.25, 0.3) is 0 Å². The molecule has 0 saturated carbocycles. The SMILES string of the molecule is COC(=O)c1ccc(C(=N)O/N=C/C2=CC=CCC=C2)cc1. The Morgan fingerprint density at radius 1 is 1.23 bits per heavy atom. The van der Waals surface area contributed by atoms with Gasteiger partial charge in [-0.15, -0.1) is 0 Å². The lowest BCUT2D eigenvalue weighted by molar-refractivity contribution is 0.0600. The molecule has 22 heavy (non-hydrogen) atoms. The van der Waals surface area contributed by atoms with Crippen molar-refractivity contribution in [3.63, 3.8) is 0 Å². The first-order valence-electron chi connectivity index (χ1n) is 6.72. The van der Waals surface area contributed by atoms with Crippen molar-refractivity contribution >= 4 is 18.1 Å². The molecule has 0 unspecified atom stereocenters. The summed E-state index contributed by atoms with van der Waals surface area (Å²) in [5, 5.41) is 11.6. The van der Waals surface area contributed by atoms with Gasteiger partial charge >= 0.3 is 5.97 Å². The fourth-order valence-electron chi connectivity index (χ4n) is 1.75. The molecule has 5 nitrogen and oxygen atoms in total. The lowest BCUT2D eigenvalue weighted by atomic mass is 10.1. The maximum atomic E-state index is 11.3. The van der Waals surface area contributed by atoms with Gasteiger partial charge in [-0.25, -0.2) is 4.79 Å². The van der Waals surface area contributed by atoms with Gasteiger partial charge in [-0.2, -0.15) is 0 Å². The van der Waals surface area contributed by atoms with Gasteiger partial charge in [0.2, 0.25) is 5.90 Å². The van der Waals surface area contributed by atoms with Crippen molar-refractivity contribution in [2.75, 3.05) is 7.11 Å². The Labute approximate surface area is 128 Å². The van der Waals surface area contributed by atoms with Gasteiger partial charge in [0.25, 0.3) is 0 Å². The molecule has 0 atom stereocenters. The molecule has 0 spiro atoms. The van der Waals surface area contributed by atoms with Gasteiger partial charge in [-0.1, -0.05) is 35.5 Å². The van der Waals surface area contributed by atoms with Crippen molar-refractivity contribution in [1.82, 2.24) is 0 Å². The van der Waals surface area contributed by atoms with E-state index in [4.69, 9.17) is 10.2 Å². The van der Waals surface area contributed by atoms with Crippen LogP contribution in [0.2, 0.25) is 0 Å². The van der Waals surface area contributed by atoms with Gasteiger partial charge in [0, 0.05) is 5.56 Å². The Kier molecular flexibility index (Phi) is 5.43. The van der Waals surface area contributed by atoms with Gasteiger partial charge < -0.3 is 9.57 Å². The quantitative estimate of drug-likeness (QED) is 0.401. The van der Waals surface area contributed by atoms with Crippen LogP contribution in [-0.4, -0.2) is 25.2 Å². The van der Waals surface area contributed by atoms with Crippen LogP contribution in [0.5, 0.6) is 0 Å². The second-order valence-corrected chi connectivity index (χ2v) is 4.46. The molecular formula is C17H16N2O3. The molecule has 0 saturated heterocycles. The minimum atomic E-state index is -0.419. The molecule has 0 radical (unpaired) electrons. The Hall–Kier alpha value is -2.95. The van der Waals surface area contributed by atoms with Gasteiger partial charge in [0.15, 0.2) is 0 Å². The van der Waals surface area contributed by atoms with Crippen LogP contribution in [0.4, 0.5) is 0 Å². The van der Waals surface area contributed by atoms with E-state index in [1.165, 1.54) is 7.11 Å². The van der Waals surface area contributed by atoms with Crippen molar-refractivity contribution < 1.29 is 14.4 Å². The molecule has 0 amide bonds. The van der Waals surface area contributed by atoms with E-state index in [2.05, 4.69) is 9.89 Å². The minimum Gasteiger partial charge on any atom is -0.465 e. The summed E-state index contributed by atoms with van der Waals surface area (Å²) >= 11 is 0. The molecular weight excluding hydrogens is 280 g/mol. The van der Waals surface area contributed by atoms with Crippen molar-refractivity contribution in [1.29, 1.82) is 5.41 Å². The molecule has 1 aliphatic rings. The number of hydrogen-bond donors (Lipinski definition) is 1. The first-order valence-corrected chi connectivity index (χ1v) is 6.72. The van der Waals surface area contributed by atoms with E-state index in [1.54, 1.807) is 30.5 Å². The van der Waals surface area contributed by atoms with Gasteiger partial charge in [0.05, 0.1) is 18.9 Å². The largest absolute Gasteiger partial charge is 0.465 e. The molecule has 0 aliphatic heterocycles. The summed E-state index contributed by atoms with van der Waals surface area (Å²) in [6, 6.07) is 6.36. The highest BCUT2D eigenvalue weighted by atomic mass is 16.6. The summed E-state index contributed by atoms with van der Waals surface area (Å²) in [6.45, 7) is 0. The average Bonchev–Trinajstić information content (AvgIpc) is 2.83. The maximum Gasteiger partial charge on any atom is 0.337 e. The van der Waals surface area contributed by atoms with Crippen LogP contribution in [0.15, 0.2) is 65.4 Å². The van der Waals surface area contributed by atoms with Crippen LogP contribution in [0.3, 0.4) is 0 Å². The monoisotopic (exact) mass is 296 g/mol. The number of hydrogen-bond acceptors (Lipinski definition) is 5. The molecule has 0 fully saturated rings. The van der Waals surface area contributed by atoms with Crippen LogP contribution < -0.4 is 0 Å². The van der Waals surface area contributed by atoms with E-state index in [0.717, 1.165) is 12.0 Å². The van der Waals surface area contributed by atoms with Crippen molar-refractivity contribution in [2.24, 2.45) is 5.16 Å². The summed E-state index contributed by atoms with van der Waals surface area (Å²) in [5.74, 6) is -0.515. The molecule has 112 valence electrons. The zero-order valence-electron chi connectivity index (χ0n) is 12.2. The number of benzene rings is 1. The summed E-state index contributed by atoms with van der Waals surface area (Å²) in [7, 11) is 1.32. The molecule has 2 rings (SSSR count). The van der Waals surface area contributed by atoms with Crippen molar-refractivity contribution in [2.45, 2.75) is 6.42 Å². The normalized spacial score (nSPS) is 13.6. The fourth-order valence-corrected chi connectivity index (χ4v) is 1.75. The smallest absolute Gasteiger partial charge is 0.337 e. The number of methoxy groups -OCH3 is 1. The molecule has 1 N–H and O–H groups in total. The Morgan fingerprint density at radius 2 is 1.95 bits per heavy atom. The molecule has 0 bridgehead atoms. The van der Waals surface area contributed by atoms with Gasteiger partial charge in [-0.3, -0.25) is 5.41 Å². The summed E-state index contributed by atoms with van der Waals surface area (Å²) in [4.78, 5) is 16.4. The van der Waals surface area contributed by atoms with Crippen LogP contribution in [-0.2, 0) is 9.57 Å². The predicted molar refractivity (Wildman–Crippen MR) is 85.2 cm³/mol. The van der Waals surface area contributed by atoms with E-state index in [-0.39, 0.29) is 5.90 Å². The third kappa shape index (κ3) is 4.28. The summed E-state index contributed by atoms with van der Waals surface area (Å²) < 4.78 is 4.61. The second kappa shape index (κ2) is 7.73. The number of carbonyl (C=O) groups is 1. The zero-order chi connectivity index (χ0) is 15.8. The maximum absolute atomic E-state index is 11.3. The highest BCUT2D eigenvalue weighted by Crippen LogP contribution is 2.08. The number of carbonyl (C=O) groups excluding carboxylic acids is 1. The predicted octanol–water partition coefficient (Wildman–Crippen LogP) is 3.24. The van der Waals surface area contributed by atoms with E-state index in [9.17, 15) is 4.79 Å². The highest BCUT2D eigenvalue weighted by molar-refractivity contribution is 5.94. The molecule has 1 aromatic rings. The van der Waals surface area contributed by atoms with E-state index in [0.29, 0.717) is 11.1 Å². The number of nitrogens with one attached hydrogen (secondary N) is 1. The molecule has 1 aromatic carbocycles. The Bertz CT molecular complexity index is 668. The van der Waals surface area contributed by atoms with E-state index in [1.807, 2.05) is 30.4 Å². The summed E-state index contributed by atoms with van der Waals surface area (Å²) in [6.07, 6.45) is 12.3. The van der Waals surface area contributed by atoms with Crippen LogP contribution in [0, 0.1) is 5.41 Å². The third-order valence-electron chi connectivity index (χ3n) is 2.92. The van der Waals surface area contributed by atoms with E-state index >= 15 is 0 Å². The molecule has 0 heterocycles. The average molecular weight is 296 g/mol. The highest BCUT2D eigenvalue weighted by Gasteiger charge is 2.07. The molecule has 5 heteroatoms. The number of oxime groups is 1. The van der Waals surface area contributed by atoms with Crippen LogP contribution >= 0.6 is 0 Å². The van der Waals surface area contributed by atoms with Crippen LogP contribution in [0.1, 0.15) is 22.3 Å². The van der Waals surface area contributed by atoms with Crippen molar-refractivity contribution in [3.05, 3.63) is 71.3 Å². The Balaban J connectivity index is 1.96. The van der Waals surface area contributed by atoms with Gasteiger partial charge in [0.1, 0.15) is 0 Å². The number of esters is 1.